The van der Waals surface area contributed by atoms with E-state index in [1.807, 2.05) is 37.3 Å². The van der Waals surface area contributed by atoms with Gasteiger partial charge in [-0.2, -0.15) is 5.10 Å². The number of benzene rings is 2. The Hall–Kier alpha value is -3.68. The fraction of sp³-hybridized carbons (Fsp3) is 0.158. The zero-order valence-electron chi connectivity index (χ0n) is 15.0. The van der Waals surface area contributed by atoms with Crippen LogP contribution in [0.15, 0.2) is 58.4 Å². The summed E-state index contributed by atoms with van der Waals surface area (Å²) in [6, 6.07) is 14.6. The molecule has 3 aromatic rings. The molecule has 2 aromatic carbocycles. The molecule has 8 nitrogen and oxygen atoms in total. The molecule has 3 rings (SSSR count). The van der Waals surface area contributed by atoms with Crippen LogP contribution >= 0.6 is 0 Å². The van der Waals surface area contributed by atoms with Gasteiger partial charge in [-0.25, -0.2) is 5.43 Å². The van der Waals surface area contributed by atoms with Crippen molar-refractivity contribution in [3.8, 4) is 22.8 Å². The van der Waals surface area contributed by atoms with Gasteiger partial charge in [0.2, 0.25) is 5.95 Å². The molecule has 0 unspecified atom stereocenters. The third-order valence-electron chi connectivity index (χ3n) is 3.64. The zero-order valence-corrected chi connectivity index (χ0v) is 15.0. The monoisotopic (exact) mass is 365 g/mol. The number of aromatic amines is 1. The number of nitrogens with zero attached hydrogens (tertiary/aromatic N) is 3. The summed E-state index contributed by atoms with van der Waals surface area (Å²) in [5, 5.41) is 12.0. The van der Waals surface area contributed by atoms with Crippen LogP contribution in [0.4, 0.5) is 5.95 Å². The highest BCUT2D eigenvalue weighted by molar-refractivity contribution is 5.85. The van der Waals surface area contributed by atoms with Crippen molar-refractivity contribution >= 4 is 12.2 Å². The lowest BCUT2D eigenvalue weighted by Gasteiger charge is -2.11. The molecule has 0 aliphatic heterocycles. The second-order valence-electron chi connectivity index (χ2n) is 5.40. The Labute approximate surface area is 155 Å². The van der Waals surface area contributed by atoms with Crippen LogP contribution in [0.1, 0.15) is 12.5 Å². The number of ether oxygens (including phenoxy) is 2. The maximum Gasteiger partial charge on any atom is 0.279 e. The summed E-state index contributed by atoms with van der Waals surface area (Å²) in [5.74, 6) is 1.34. The molecule has 1 aromatic heterocycles. The van der Waals surface area contributed by atoms with E-state index in [-0.39, 0.29) is 17.2 Å². The lowest BCUT2D eigenvalue weighted by Crippen LogP contribution is -2.15. The van der Waals surface area contributed by atoms with Gasteiger partial charge in [-0.3, -0.25) is 9.78 Å². The van der Waals surface area contributed by atoms with Crippen LogP contribution in [0.5, 0.6) is 11.5 Å². The van der Waals surface area contributed by atoms with E-state index in [0.717, 1.165) is 5.56 Å². The van der Waals surface area contributed by atoms with Gasteiger partial charge in [-0.15, -0.1) is 10.2 Å². The standard InChI is InChI=1S/C19H19N5O3/c1-3-27-17-14(10-7-11-15(17)26-2)12-20-23-19-21-18(25)16(22-24-19)13-8-5-4-6-9-13/h4-12H,3H2,1-2H3,(H2,21,23,24,25)/b20-12+. The van der Waals surface area contributed by atoms with Crippen molar-refractivity contribution in [1.29, 1.82) is 0 Å². The minimum Gasteiger partial charge on any atom is -0.493 e. The quantitative estimate of drug-likeness (QED) is 0.493. The predicted molar refractivity (Wildman–Crippen MR) is 103 cm³/mol. The highest BCUT2D eigenvalue weighted by Gasteiger charge is 2.09. The smallest absolute Gasteiger partial charge is 0.279 e. The molecule has 8 heteroatoms. The van der Waals surface area contributed by atoms with Crippen molar-refractivity contribution < 1.29 is 9.47 Å². The Morgan fingerprint density at radius 3 is 2.67 bits per heavy atom. The average Bonchev–Trinajstić information content (AvgIpc) is 2.70. The van der Waals surface area contributed by atoms with Crippen LogP contribution in [0.3, 0.4) is 0 Å². The molecule has 0 bridgehead atoms. The molecule has 138 valence electrons. The fourth-order valence-electron chi connectivity index (χ4n) is 2.43. The van der Waals surface area contributed by atoms with Crippen LogP contribution in [-0.4, -0.2) is 35.1 Å². The van der Waals surface area contributed by atoms with Crippen LogP contribution in [0.25, 0.3) is 11.3 Å². The molecule has 0 aliphatic carbocycles. The predicted octanol–water partition coefficient (Wildman–Crippen LogP) is 2.69. The van der Waals surface area contributed by atoms with Gasteiger partial charge in [0.25, 0.3) is 5.56 Å². The van der Waals surface area contributed by atoms with E-state index >= 15 is 0 Å². The fourth-order valence-corrected chi connectivity index (χ4v) is 2.43. The maximum atomic E-state index is 12.2. The number of hydrogen-bond donors (Lipinski definition) is 2. The van der Waals surface area contributed by atoms with Crippen molar-refractivity contribution in [1.82, 2.24) is 15.2 Å². The lowest BCUT2D eigenvalue weighted by atomic mass is 10.2. The first-order valence-corrected chi connectivity index (χ1v) is 8.34. The van der Waals surface area contributed by atoms with Crippen LogP contribution < -0.4 is 20.5 Å². The molecule has 2 N–H and O–H groups in total. The van der Waals surface area contributed by atoms with Crippen molar-refractivity contribution in [2.75, 3.05) is 19.1 Å². The molecule has 0 saturated heterocycles. The van der Waals surface area contributed by atoms with E-state index < -0.39 is 0 Å². The largest absolute Gasteiger partial charge is 0.493 e. The average molecular weight is 365 g/mol. The number of hydrogen-bond acceptors (Lipinski definition) is 7. The number of para-hydroxylation sites is 1. The summed E-state index contributed by atoms with van der Waals surface area (Å²) in [5.41, 5.74) is 3.97. The van der Waals surface area contributed by atoms with Gasteiger partial charge in [0, 0.05) is 11.1 Å². The number of aromatic nitrogens is 3. The number of nitrogens with one attached hydrogen (secondary N) is 2. The molecular weight excluding hydrogens is 346 g/mol. The Morgan fingerprint density at radius 2 is 1.96 bits per heavy atom. The molecule has 0 radical (unpaired) electrons. The normalized spacial score (nSPS) is 10.7. The summed E-state index contributed by atoms with van der Waals surface area (Å²) in [6.45, 7) is 2.38. The lowest BCUT2D eigenvalue weighted by molar-refractivity contribution is 0.310. The molecule has 0 saturated carbocycles. The summed E-state index contributed by atoms with van der Waals surface area (Å²) in [6.07, 6.45) is 1.55. The first-order valence-electron chi connectivity index (χ1n) is 8.34. The summed E-state index contributed by atoms with van der Waals surface area (Å²) in [4.78, 5) is 14.8. The highest BCUT2D eigenvalue weighted by atomic mass is 16.5. The first-order chi connectivity index (χ1) is 13.2. The van der Waals surface area contributed by atoms with Crippen LogP contribution in [-0.2, 0) is 0 Å². The number of rotatable bonds is 7. The topological polar surface area (TPSA) is 101 Å². The minimum atomic E-state index is -0.356. The minimum absolute atomic E-state index is 0.136. The number of anilines is 1. The SMILES string of the molecule is CCOc1c(/C=N/Nc2nnc(-c3ccccc3)c(=O)[nH]2)cccc1OC. The van der Waals surface area contributed by atoms with Crippen molar-refractivity contribution in [2.45, 2.75) is 6.92 Å². The zero-order chi connectivity index (χ0) is 19.1. The van der Waals surface area contributed by atoms with E-state index in [1.165, 1.54) is 0 Å². The Morgan fingerprint density at radius 1 is 1.15 bits per heavy atom. The first kappa shape index (κ1) is 18.1. The second-order valence-corrected chi connectivity index (χ2v) is 5.40. The Bertz CT molecular complexity index is 986. The summed E-state index contributed by atoms with van der Waals surface area (Å²) in [7, 11) is 1.58. The van der Waals surface area contributed by atoms with Crippen molar-refractivity contribution in [3.05, 3.63) is 64.4 Å². The molecule has 0 atom stereocenters. The van der Waals surface area contributed by atoms with Crippen molar-refractivity contribution in [2.24, 2.45) is 5.10 Å². The van der Waals surface area contributed by atoms with Gasteiger partial charge in [-0.05, 0) is 19.1 Å². The molecule has 27 heavy (non-hydrogen) atoms. The molecule has 1 heterocycles. The summed E-state index contributed by atoms with van der Waals surface area (Å²) >= 11 is 0. The molecule has 0 fully saturated rings. The molecule has 0 aliphatic rings. The third-order valence-corrected chi connectivity index (χ3v) is 3.64. The molecule has 0 spiro atoms. The van der Waals surface area contributed by atoms with Gasteiger partial charge in [0.05, 0.1) is 19.9 Å². The maximum absolute atomic E-state index is 12.2. The second kappa shape index (κ2) is 8.61. The van der Waals surface area contributed by atoms with Crippen molar-refractivity contribution in [3.63, 3.8) is 0 Å². The van der Waals surface area contributed by atoms with Crippen LogP contribution in [0, 0.1) is 0 Å². The van der Waals surface area contributed by atoms with Gasteiger partial charge >= 0.3 is 0 Å². The number of hydrazone groups is 1. The third kappa shape index (κ3) is 4.30. The van der Waals surface area contributed by atoms with Gasteiger partial charge < -0.3 is 9.47 Å². The van der Waals surface area contributed by atoms with Crippen LogP contribution in [0.2, 0.25) is 0 Å². The summed E-state index contributed by atoms with van der Waals surface area (Å²) < 4.78 is 10.9. The number of methoxy groups -OCH3 is 1. The van der Waals surface area contributed by atoms with E-state index in [1.54, 1.807) is 31.5 Å². The van der Waals surface area contributed by atoms with E-state index in [9.17, 15) is 4.79 Å². The van der Waals surface area contributed by atoms with Gasteiger partial charge in [-0.1, -0.05) is 36.4 Å². The Balaban J connectivity index is 1.78. The van der Waals surface area contributed by atoms with Gasteiger partial charge in [0.15, 0.2) is 17.2 Å². The van der Waals surface area contributed by atoms with E-state index in [0.29, 0.717) is 23.7 Å². The van der Waals surface area contributed by atoms with E-state index in [4.69, 9.17) is 9.47 Å². The highest BCUT2D eigenvalue weighted by Crippen LogP contribution is 2.29. The van der Waals surface area contributed by atoms with Gasteiger partial charge in [0.1, 0.15) is 0 Å². The number of H-pyrrole nitrogens is 1. The Kier molecular flexibility index (Phi) is 5.78. The molecule has 0 amide bonds. The molecular formula is C19H19N5O3. The van der Waals surface area contributed by atoms with E-state index in [2.05, 4.69) is 25.7 Å².